The van der Waals surface area contributed by atoms with E-state index in [1.165, 1.54) is 11.8 Å². The van der Waals surface area contributed by atoms with Gasteiger partial charge >= 0.3 is 0 Å². The summed E-state index contributed by atoms with van der Waals surface area (Å²) in [6.45, 7) is 1.50. The highest BCUT2D eigenvalue weighted by atomic mass is 16.5. The smallest absolute Gasteiger partial charge is 0.259 e. The number of carbonyl (C=O) groups is 2. The number of benzene rings is 3. The van der Waals surface area contributed by atoms with Crippen molar-refractivity contribution in [2.24, 2.45) is 0 Å². The SMILES string of the molecule is CC(=O)N(C)c1ccc(NC(=O)c2ccccc2Oc2ccccc2)cc1. The van der Waals surface area contributed by atoms with Crippen LogP contribution in [0, 0.1) is 0 Å². The Hall–Kier alpha value is -3.60. The molecule has 3 rings (SSSR count). The molecule has 0 aliphatic heterocycles. The van der Waals surface area contributed by atoms with Gasteiger partial charge in [0.2, 0.25) is 5.91 Å². The van der Waals surface area contributed by atoms with Crippen LogP contribution in [-0.2, 0) is 4.79 Å². The molecule has 1 N–H and O–H groups in total. The summed E-state index contributed by atoms with van der Waals surface area (Å²) in [6, 6.07) is 23.5. The van der Waals surface area contributed by atoms with Crippen molar-refractivity contribution in [3.63, 3.8) is 0 Å². The highest BCUT2D eigenvalue weighted by Gasteiger charge is 2.13. The van der Waals surface area contributed by atoms with E-state index in [1.54, 1.807) is 49.5 Å². The largest absolute Gasteiger partial charge is 0.457 e. The lowest BCUT2D eigenvalue weighted by Gasteiger charge is -2.15. The molecule has 5 nitrogen and oxygen atoms in total. The van der Waals surface area contributed by atoms with Gasteiger partial charge in [-0.25, -0.2) is 0 Å². The van der Waals surface area contributed by atoms with Gasteiger partial charge in [-0.15, -0.1) is 0 Å². The molecule has 3 aromatic rings. The van der Waals surface area contributed by atoms with Crippen LogP contribution in [0.1, 0.15) is 17.3 Å². The maximum absolute atomic E-state index is 12.7. The lowest BCUT2D eigenvalue weighted by atomic mass is 10.1. The van der Waals surface area contributed by atoms with Gasteiger partial charge in [-0.1, -0.05) is 30.3 Å². The topological polar surface area (TPSA) is 58.6 Å². The third kappa shape index (κ3) is 4.52. The Morgan fingerprint density at radius 3 is 2.15 bits per heavy atom. The molecule has 0 bridgehead atoms. The minimum absolute atomic E-state index is 0.0567. The fourth-order valence-electron chi connectivity index (χ4n) is 2.51. The summed E-state index contributed by atoms with van der Waals surface area (Å²) in [5.74, 6) is 0.816. The predicted molar refractivity (Wildman–Crippen MR) is 106 cm³/mol. The minimum atomic E-state index is -0.269. The van der Waals surface area contributed by atoms with Gasteiger partial charge in [0, 0.05) is 25.3 Å². The quantitative estimate of drug-likeness (QED) is 0.717. The maximum atomic E-state index is 12.7. The number of hydrogen-bond donors (Lipinski definition) is 1. The van der Waals surface area contributed by atoms with Gasteiger partial charge in [0.1, 0.15) is 11.5 Å². The molecule has 0 atom stereocenters. The van der Waals surface area contributed by atoms with E-state index in [-0.39, 0.29) is 11.8 Å². The fourth-order valence-corrected chi connectivity index (χ4v) is 2.51. The van der Waals surface area contributed by atoms with Crippen LogP contribution >= 0.6 is 0 Å². The first-order valence-electron chi connectivity index (χ1n) is 8.52. The number of carbonyl (C=O) groups excluding carboxylic acids is 2. The molecule has 2 amide bonds. The molecule has 3 aromatic carbocycles. The summed E-state index contributed by atoms with van der Waals surface area (Å²) < 4.78 is 5.84. The molecular formula is C22H20N2O3. The number of rotatable bonds is 5. The van der Waals surface area contributed by atoms with Crippen LogP contribution in [0.3, 0.4) is 0 Å². The monoisotopic (exact) mass is 360 g/mol. The highest BCUT2D eigenvalue weighted by molar-refractivity contribution is 6.06. The summed E-state index contributed by atoms with van der Waals surface area (Å²) in [6.07, 6.45) is 0. The van der Waals surface area contributed by atoms with E-state index >= 15 is 0 Å². The minimum Gasteiger partial charge on any atom is -0.457 e. The van der Waals surface area contributed by atoms with E-state index in [9.17, 15) is 9.59 Å². The van der Waals surface area contributed by atoms with Crippen molar-refractivity contribution in [2.75, 3.05) is 17.3 Å². The zero-order valence-corrected chi connectivity index (χ0v) is 15.2. The third-order valence-corrected chi connectivity index (χ3v) is 4.09. The molecular weight excluding hydrogens is 340 g/mol. The lowest BCUT2D eigenvalue weighted by molar-refractivity contribution is -0.116. The molecule has 0 saturated heterocycles. The average Bonchev–Trinajstić information content (AvgIpc) is 2.69. The molecule has 0 aromatic heterocycles. The summed E-state index contributed by atoms with van der Waals surface area (Å²) in [4.78, 5) is 25.7. The highest BCUT2D eigenvalue weighted by Crippen LogP contribution is 2.26. The number of nitrogens with one attached hydrogen (secondary N) is 1. The van der Waals surface area contributed by atoms with Gasteiger partial charge in [0.05, 0.1) is 5.56 Å². The maximum Gasteiger partial charge on any atom is 0.259 e. The second-order valence-corrected chi connectivity index (χ2v) is 5.99. The van der Waals surface area contributed by atoms with Crippen LogP contribution in [0.2, 0.25) is 0 Å². The van der Waals surface area contributed by atoms with Crippen molar-refractivity contribution in [2.45, 2.75) is 6.92 Å². The van der Waals surface area contributed by atoms with E-state index in [2.05, 4.69) is 5.32 Å². The van der Waals surface area contributed by atoms with Crippen molar-refractivity contribution in [3.8, 4) is 11.5 Å². The van der Waals surface area contributed by atoms with Gasteiger partial charge in [0.15, 0.2) is 0 Å². The van der Waals surface area contributed by atoms with E-state index in [0.717, 1.165) is 5.69 Å². The van der Waals surface area contributed by atoms with Crippen LogP contribution in [0.5, 0.6) is 11.5 Å². The first-order valence-corrected chi connectivity index (χ1v) is 8.52. The molecule has 5 heteroatoms. The van der Waals surface area contributed by atoms with E-state index in [4.69, 9.17) is 4.74 Å². The van der Waals surface area contributed by atoms with Crippen LogP contribution in [0.15, 0.2) is 78.9 Å². The summed E-state index contributed by atoms with van der Waals surface area (Å²) in [7, 11) is 1.70. The number of ether oxygens (including phenoxy) is 1. The number of hydrogen-bond acceptors (Lipinski definition) is 3. The normalized spacial score (nSPS) is 10.1. The van der Waals surface area contributed by atoms with Crippen molar-refractivity contribution < 1.29 is 14.3 Å². The van der Waals surface area contributed by atoms with Crippen LogP contribution in [0.4, 0.5) is 11.4 Å². The predicted octanol–water partition coefficient (Wildman–Crippen LogP) is 4.71. The van der Waals surface area contributed by atoms with Crippen molar-refractivity contribution in [3.05, 3.63) is 84.4 Å². The summed E-state index contributed by atoms with van der Waals surface area (Å²) in [5.41, 5.74) is 1.83. The molecule has 0 unspecified atom stereocenters. The van der Waals surface area contributed by atoms with Gasteiger partial charge in [-0.2, -0.15) is 0 Å². The van der Waals surface area contributed by atoms with Gasteiger partial charge in [0.25, 0.3) is 5.91 Å². The Morgan fingerprint density at radius 2 is 1.48 bits per heavy atom. The van der Waals surface area contributed by atoms with E-state index in [0.29, 0.717) is 22.7 Å². The summed E-state index contributed by atoms with van der Waals surface area (Å²) in [5, 5.41) is 2.86. The Balaban J connectivity index is 1.76. The van der Waals surface area contributed by atoms with Crippen LogP contribution < -0.4 is 15.0 Å². The van der Waals surface area contributed by atoms with E-state index in [1.807, 2.05) is 36.4 Å². The number of amides is 2. The Morgan fingerprint density at radius 1 is 0.852 bits per heavy atom. The zero-order valence-electron chi connectivity index (χ0n) is 15.2. The first-order chi connectivity index (χ1) is 13.0. The van der Waals surface area contributed by atoms with Crippen molar-refractivity contribution in [1.29, 1.82) is 0 Å². The Labute approximate surface area is 158 Å². The van der Waals surface area contributed by atoms with E-state index < -0.39 is 0 Å². The first kappa shape index (κ1) is 18.2. The van der Waals surface area contributed by atoms with Gasteiger partial charge in [-0.3, -0.25) is 9.59 Å². The van der Waals surface area contributed by atoms with Crippen LogP contribution in [0.25, 0.3) is 0 Å². The molecule has 0 heterocycles. The lowest BCUT2D eigenvalue weighted by Crippen LogP contribution is -2.22. The second kappa shape index (κ2) is 8.19. The molecule has 0 saturated carbocycles. The third-order valence-electron chi connectivity index (χ3n) is 4.09. The van der Waals surface area contributed by atoms with Gasteiger partial charge < -0.3 is 15.0 Å². The summed E-state index contributed by atoms with van der Waals surface area (Å²) >= 11 is 0. The number of anilines is 2. The standard InChI is InChI=1S/C22H20N2O3/c1-16(25)24(2)18-14-12-17(13-15-18)23-22(26)20-10-6-7-11-21(20)27-19-8-4-3-5-9-19/h3-15H,1-2H3,(H,23,26). The van der Waals surface area contributed by atoms with Crippen molar-refractivity contribution >= 4 is 23.2 Å². The molecule has 0 fully saturated rings. The molecule has 0 aliphatic carbocycles. The van der Waals surface area contributed by atoms with Crippen molar-refractivity contribution in [1.82, 2.24) is 0 Å². The Kier molecular flexibility index (Phi) is 5.52. The number of nitrogens with zero attached hydrogens (tertiary/aromatic N) is 1. The fraction of sp³-hybridized carbons (Fsp3) is 0.0909. The number of para-hydroxylation sites is 2. The molecule has 136 valence electrons. The molecule has 0 aliphatic rings. The molecule has 0 spiro atoms. The molecule has 0 radical (unpaired) electrons. The zero-order chi connectivity index (χ0) is 19.2. The Bertz CT molecular complexity index is 937. The van der Waals surface area contributed by atoms with Crippen LogP contribution in [-0.4, -0.2) is 18.9 Å². The average molecular weight is 360 g/mol. The van der Waals surface area contributed by atoms with Gasteiger partial charge in [-0.05, 0) is 48.5 Å². The second-order valence-electron chi connectivity index (χ2n) is 5.99. The molecule has 27 heavy (non-hydrogen) atoms.